The molecule has 0 unspecified atom stereocenters. The molecular weight excluding hydrogens is 226 g/mol. The van der Waals surface area contributed by atoms with E-state index in [1.165, 1.54) is 5.56 Å². The van der Waals surface area contributed by atoms with Crippen molar-refractivity contribution >= 4 is 17.3 Å². The van der Waals surface area contributed by atoms with Gasteiger partial charge in [-0.05, 0) is 44.0 Å². The maximum Gasteiger partial charge on any atom is 0.227 e. The second-order valence-corrected chi connectivity index (χ2v) is 5.64. The van der Waals surface area contributed by atoms with Crippen molar-refractivity contribution in [2.45, 2.75) is 32.2 Å². The quantitative estimate of drug-likeness (QED) is 0.855. The van der Waals surface area contributed by atoms with E-state index in [0.717, 1.165) is 24.3 Å². The van der Waals surface area contributed by atoms with E-state index in [9.17, 15) is 4.79 Å². The van der Waals surface area contributed by atoms with Crippen LogP contribution in [0.4, 0.5) is 11.4 Å². The number of hydrogen-bond donors (Lipinski definition) is 2. The molecule has 0 saturated heterocycles. The fourth-order valence-corrected chi connectivity index (χ4v) is 2.10. The molecule has 0 saturated carbocycles. The third-order valence-electron chi connectivity index (χ3n) is 3.17. The fraction of sp³-hybridized carbons (Fsp3) is 0.500. The van der Waals surface area contributed by atoms with E-state index in [4.69, 9.17) is 5.73 Å². The Morgan fingerprint density at radius 2 is 2.11 bits per heavy atom. The van der Waals surface area contributed by atoms with E-state index in [0.29, 0.717) is 6.42 Å². The highest BCUT2D eigenvalue weighted by molar-refractivity contribution is 5.96. The highest BCUT2D eigenvalue weighted by atomic mass is 16.2. The summed E-state index contributed by atoms with van der Waals surface area (Å²) in [5.41, 5.74) is 9.01. The maximum atomic E-state index is 11.6. The Labute approximate surface area is 108 Å². The smallest absolute Gasteiger partial charge is 0.227 e. The van der Waals surface area contributed by atoms with Crippen LogP contribution in [0.1, 0.15) is 25.8 Å². The lowest BCUT2D eigenvalue weighted by Crippen LogP contribution is -2.39. The number of anilines is 2. The van der Waals surface area contributed by atoms with E-state index < -0.39 is 0 Å². The van der Waals surface area contributed by atoms with Crippen LogP contribution in [0.25, 0.3) is 0 Å². The molecule has 1 aromatic rings. The van der Waals surface area contributed by atoms with Crippen molar-refractivity contribution < 1.29 is 4.79 Å². The first-order valence-corrected chi connectivity index (χ1v) is 6.29. The summed E-state index contributed by atoms with van der Waals surface area (Å²) in [4.78, 5) is 13.3. The molecule has 4 heteroatoms. The third kappa shape index (κ3) is 2.82. The van der Waals surface area contributed by atoms with Gasteiger partial charge < -0.3 is 16.0 Å². The van der Waals surface area contributed by atoms with Crippen LogP contribution in [0.3, 0.4) is 0 Å². The summed E-state index contributed by atoms with van der Waals surface area (Å²) in [5.74, 6) is 0.186. The molecule has 0 radical (unpaired) electrons. The first-order valence-electron chi connectivity index (χ1n) is 6.29. The fourth-order valence-electron chi connectivity index (χ4n) is 2.10. The lowest BCUT2D eigenvalue weighted by atomic mass is 10.0. The van der Waals surface area contributed by atoms with Gasteiger partial charge in [-0.1, -0.05) is 0 Å². The molecule has 0 atom stereocenters. The van der Waals surface area contributed by atoms with Crippen LogP contribution in [0.5, 0.6) is 0 Å². The van der Waals surface area contributed by atoms with Gasteiger partial charge in [0.05, 0.1) is 0 Å². The van der Waals surface area contributed by atoms with Crippen LogP contribution in [0.15, 0.2) is 18.2 Å². The number of rotatable bonds is 3. The highest BCUT2D eigenvalue weighted by Crippen LogP contribution is 2.29. The first-order chi connectivity index (χ1) is 8.37. The summed E-state index contributed by atoms with van der Waals surface area (Å²) < 4.78 is 0. The summed E-state index contributed by atoms with van der Waals surface area (Å²) >= 11 is 0. The summed E-state index contributed by atoms with van der Waals surface area (Å²) in [6, 6.07) is 6.11. The highest BCUT2D eigenvalue weighted by Gasteiger charge is 2.20. The van der Waals surface area contributed by atoms with Crippen molar-refractivity contribution in [1.29, 1.82) is 0 Å². The van der Waals surface area contributed by atoms with Crippen LogP contribution in [0.2, 0.25) is 0 Å². The van der Waals surface area contributed by atoms with Gasteiger partial charge in [0.1, 0.15) is 0 Å². The molecule has 0 bridgehead atoms. The third-order valence-corrected chi connectivity index (χ3v) is 3.17. The number of fused-ring (bicyclic) bond motifs is 1. The number of aryl methyl sites for hydroxylation is 1. The molecule has 1 amide bonds. The molecule has 18 heavy (non-hydrogen) atoms. The SMILES string of the molecule is CN1C(=O)CCc2cc(NCC(C)(C)N)ccc21. The minimum absolute atomic E-state index is 0.186. The second-order valence-electron chi connectivity index (χ2n) is 5.64. The van der Waals surface area contributed by atoms with Gasteiger partial charge in [-0.3, -0.25) is 4.79 Å². The summed E-state index contributed by atoms with van der Waals surface area (Å²) in [7, 11) is 1.83. The topological polar surface area (TPSA) is 58.4 Å². The molecule has 0 fully saturated rings. The van der Waals surface area contributed by atoms with Gasteiger partial charge in [0.2, 0.25) is 5.91 Å². The largest absolute Gasteiger partial charge is 0.383 e. The van der Waals surface area contributed by atoms with E-state index >= 15 is 0 Å². The number of carbonyl (C=O) groups excluding carboxylic acids is 1. The second kappa shape index (κ2) is 4.61. The average Bonchev–Trinajstić information content (AvgIpc) is 2.30. The van der Waals surface area contributed by atoms with Crippen LogP contribution >= 0.6 is 0 Å². The molecule has 2 rings (SSSR count). The Kier molecular flexibility index (Phi) is 3.30. The van der Waals surface area contributed by atoms with Gasteiger partial charge in [0, 0.05) is 36.9 Å². The monoisotopic (exact) mass is 247 g/mol. The normalized spacial score (nSPS) is 15.6. The Balaban J connectivity index is 2.15. The summed E-state index contributed by atoms with van der Waals surface area (Å²) in [6.07, 6.45) is 1.41. The Morgan fingerprint density at radius 3 is 2.78 bits per heavy atom. The number of hydrogen-bond acceptors (Lipinski definition) is 3. The van der Waals surface area contributed by atoms with Crippen LogP contribution in [-0.2, 0) is 11.2 Å². The van der Waals surface area contributed by atoms with Crippen molar-refractivity contribution in [2.24, 2.45) is 5.73 Å². The molecular formula is C14H21N3O. The number of nitrogens with zero attached hydrogens (tertiary/aromatic N) is 1. The number of carbonyl (C=O) groups is 1. The van der Waals surface area contributed by atoms with Crippen molar-refractivity contribution in [3.8, 4) is 0 Å². The van der Waals surface area contributed by atoms with E-state index in [2.05, 4.69) is 11.4 Å². The Bertz CT molecular complexity index is 463. The van der Waals surface area contributed by atoms with E-state index in [1.54, 1.807) is 4.90 Å². The Hall–Kier alpha value is -1.55. The molecule has 0 aliphatic carbocycles. The van der Waals surface area contributed by atoms with Crippen molar-refractivity contribution in [1.82, 2.24) is 0 Å². The molecule has 98 valence electrons. The summed E-state index contributed by atoms with van der Waals surface area (Å²) in [5, 5.41) is 3.33. The predicted octanol–water partition coefficient (Wildman–Crippen LogP) is 1.74. The molecule has 1 aliphatic heterocycles. The number of nitrogens with two attached hydrogens (primary N) is 1. The zero-order chi connectivity index (χ0) is 13.3. The molecule has 1 aliphatic rings. The van der Waals surface area contributed by atoms with Gasteiger partial charge >= 0.3 is 0 Å². The Morgan fingerprint density at radius 1 is 1.39 bits per heavy atom. The number of benzene rings is 1. The molecule has 1 aromatic carbocycles. The number of amides is 1. The minimum atomic E-state index is -0.233. The lowest BCUT2D eigenvalue weighted by Gasteiger charge is -2.27. The van der Waals surface area contributed by atoms with Gasteiger partial charge in [0.25, 0.3) is 0 Å². The van der Waals surface area contributed by atoms with Gasteiger partial charge in [-0.15, -0.1) is 0 Å². The van der Waals surface area contributed by atoms with Crippen molar-refractivity contribution in [2.75, 3.05) is 23.8 Å². The zero-order valence-corrected chi connectivity index (χ0v) is 11.3. The van der Waals surface area contributed by atoms with Gasteiger partial charge in [-0.25, -0.2) is 0 Å². The molecule has 3 N–H and O–H groups in total. The minimum Gasteiger partial charge on any atom is -0.383 e. The first kappa shape index (κ1) is 12.9. The zero-order valence-electron chi connectivity index (χ0n) is 11.3. The maximum absolute atomic E-state index is 11.6. The van der Waals surface area contributed by atoms with Crippen molar-refractivity contribution in [3.05, 3.63) is 23.8 Å². The van der Waals surface area contributed by atoms with Gasteiger partial charge in [0.15, 0.2) is 0 Å². The number of nitrogens with one attached hydrogen (secondary N) is 1. The van der Waals surface area contributed by atoms with Crippen LogP contribution in [-0.4, -0.2) is 25.0 Å². The van der Waals surface area contributed by atoms with E-state index in [1.807, 2.05) is 33.0 Å². The molecule has 0 aromatic heterocycles. The predicted molar refractivity (Wildman–Crippen MR) is 74.9 cm³/mol. The van der Waals surface area contributed by atoms with Crippen molar-refractivity contribution in [3.63, 3.8) is 0 Å². The summed E-state index contributed by atoms with van der Waals surface area (Å²) in [6.45, 7) is 4.70. The average molecular weight is 247 g/mol. The van der Waals surface area contributed by atoms with Crippen LogP contribution in [0, 0.1) is 0 Å². The van der Waals surface area contributed by atoms with Gasteiger partial charge in [-0.2, -0.15) is 0 Å². The standard InChI is InChI=1S/C14H21N3O/c1-14(2,15)9-16-11-5-6-12-10(8-11)4-7-13(18)17(12)3/h5-6,8,16H,4,7,9,15H2,1-3H3. The molecule has 4 nitrogen and oxygen atoms in total. The van der Waals surface area contributed by atoms with Crippen LogP contribution < -0.4 is 16.0 Å². The molecule has 0 spiro atoms. The lowest BCUT2D eigenvalue weighted by molar-refractivity contribution is -0.118. The van der Waals surface area contributed by atoms with E-state index in [-0.39, 0.29) is 11.4 Å². The molecule has 1 heterocycles.